The lowest BCUT2D eigenvalue weighted by Gasteiger charge is -2.34. The Morgan fingerprint density at radius 1 is 1.16 bits per heavy atom. The van der Waals surface area contributed by atoms with Gasteiger partial charge in [-0.2, -0.15) is 4.31 Å². The van der Waals surface area contributed by atoms with Crippen LogP contribution in [-0.4, -0.2) is 52.0 Å². The molecule has 6 nitrogen and oxygen atoms in total. The van der Waals surface area contributed by atoms with Crippen LogP contribution in [0.25, 0.3) is 0 Å². The van der Waals surface area contributed by atoms with Crippen molar-refractivity contribution < 1.29 is 17.9 Å². The predicted molar refractivity (Wildman–Crippen MR) is 131 cm³/mol. The summed E-state index contributed by atoms with van der Waals surface area (Å²) in [5.41, 5.74) is 0.341. The average Bonchev–Trinajstić information content (AvgIpc) is 2.75. The molecule has 1 fully saturated rings. The van der Waals surface area contributed by atoms with Crippen LogP contribution in [0.15, 0.2) is 61.6 Å². The SMILES string of the molecule is COCCNC(=O)c1cc(S(=O)(=O)N2C[C@H](C)C[C@H](C)C2)ccc1Sc1ccc(Br)cc1. The second kappa shape index (κ2) is 11.2. The third-order valence-corrected chi connectivity index (χ3v) is 8.74. The minimum Gasteiger partial charge on any atom is -0.383 e. The zero-order chi connectivity index (χ0) is 23.3. The van der Waals surface area contributed by atoms with E-state index in [2.05, 4.69) is 35.1 Å². The first-order valence-electron chi connectivity index (χ1n) is 10.6. The van der Waals surface area contributed by atoms with Gasteiger partial charge < -0.3 is 10.1 Å². The fourth-order valence-corrected chi connectivity index (χ4v) is 6.77. The number of carbonyl (C=O) groups is 1. The Balaban J connectivity index is 1.95. The molecule has 0 spiro atoms. The van der Waals surface area contributed by atoms with Crippen LogP contribution in [0.4, 0.5) is 0 Å². The minimum atomic E-state index is -3.69. The highest BCUT2D eigenvalue weighted by Crippen LogP contribution is 2.34. The summed E-state index contributed by atoms with van der Waals surface area (Å²) in [5, 5.41) is 2.81. The van der Waals surface area contributed by atoms with Crippen LogP contribution in [0.5, 0.6) is 0 Å². The molecule has 1 aliphatic heterocycles. The first-order chi connectivity index (χ1) is 15.2. The standard InChI is InChI=1S/C23H29BrN2O4S2/c1-16-12-17(2)15-26(14-16)32(28,29)20-8-9-22(31-19-6-4-18(24)5-7-19)21(13-20)23(27)25-10-11-30-3/h4-9,13,16-17H,10-12,14-15H2,1-3H3,(H,25,27)/t16-,17+. The zero-order valence-electron chi connectivity index (χ0n) is 18.5. The molecule has 0 saturated carbocycles. The lowest BCUT2D eigenvalue weighted by atomic mass is 9.94. The van der Waals surface area contributed by atoms with Crippen LogP contribution in [-0.2, 0) is 14.8 Å². The number of methoxy groups -OCH3 is 1. The summed E-state index contributed by atoms with van der Waals surface area (Å²) >= 11 is 4.85. The molecule has 2 aromatic carbocycles. The number of nitrogens with zero attached hydrogens (tertiary/aromatic N) is 1. The molecular formula is C23H29BrN2O4S2. The molecule has 1 aliphatic rings. The van der Waals surface area contributed by atoms with Gasteiger partial charge in [0.1, 0.15) is 0 Å². The number of nitrogens with one attached hydrogen (secondary N) is 1. The first-order valence-corrected chi connectivity index (χ1v) is 13.6. The lowest BCUT2D eigenvalue weighted by molar-refractivity contribution is 0.0934. The second-order valence-corrected chi connectivity index (χ2v) is 12.2. The van der Waals surface area contributed by atoms with Gasteiger partial charge in [0.25, 0.3) is 5.91 Å². The van der Waals surface area contributed by atoms with Gasteiger partial charge in [-0.05, 0) is 60.7 Å². The van der Waals surface area contributed by atoms with Gasteiger partial charge in [0, 0.05) is 41.0 Å². The summed E-state index contributed by atoms with van der Waals surface area (Å²) in [6, 6.07) is 12.6. The van der Waals surface area contributed by atoms with Crippen LogP contribution in [0.3, 0.4) is 0 Å². The van der Waals surface area contributed by atoms with Gasteiger partial charge in [-0.3, -0.25) is 4.79 Å². The van der Waals surface area contributed by atoms with Gasteiger partial charge in [-0.1, -0.05) is 41.5 Å². The largest absolute Gasteiger partial charge is 0.383 e. The highest BCUT2D eigenvalue weighted by atomic mass is 79.9. The first kappa shape index (κ1) is 25.2. The summed E-state index contributed by atoms with van der Waals surface area (Å²) < 4.78 is 34.3. The Morgan fingerprint density at radius 2 is 1.81 bits per heavy atom. The van der Waals surface area contributed by atoms with Crippen LogP contribution in [0.1, 0.15) is 30.6 Å². The monoisotopic (exact) mass is 540 g/mol. The van der Waals surface area contributed by atoms with Crippen molar-refractivity contribution in [2.24, 2.45) is 11.8 Å². The van der Waals surface area contributed by atoms with E-state index in [0.29, 0.717) is 48.5 Å². The number of ether oxygens (including phenoxy) is 1. The third kappa shape index (κ3) is 6.35. The van der Waals surface area contributed by atoms with Crippen LogP contribution in [0, 0.1) is 11.8 Å². The number of benzene rings is 2. The van der Waals surface area contributed by atoms with Crippen molar-refractivity contribution in [3.63, 3.8) is 0 Å². The molecule has 0 aromatic heterocycles. The highest BCUT2D eigenvalue weighted by Gasteiger charge is 2.32. The van der Waals surface area contributed by atoms with Crippen molar-refractivity contribution in [3.05, 3.63) is 52.5 Å². The predicted octanol–water partition coefficient (Wildman–Crippen LogP) is 4.64. The molecule has 0 aliphatic carbocycles. The van der Waals surface area contributed by atoms with E-state index < -0.39 is 10.0 Å². The molecule has 0 radical (unpaired) electrons. The minimum absolute atomic E-state index is 0.149. The normalized spacial score (nSPS) is 19.6. The number of hydrogen-bond donors (Lipinski definition) is 1. The van der Waals surface area contributed by atoms with Crippen molar-refractivity contribution in [1.29, 1.82) is 0 Å². The number of rotatable bonds is 8. The van der Waals surface area contributed by atoms with Crippen molar-refractivity contribution in [1.82, 2.24) is 9.62 Å². The van der Waals surface area contributed by atoms with E-state index in [9.17, 15) is 13.2 Å². The number of sulfonamides is 1. The smallest absolute Gasteiger partial charge is 0.252 e. The quantitative estimate of drug-likeness (QED) is 0.493. The van der Waals surface area contributed by atoms with E-state index in [1.807, 2.05) is 24.3 Å². The molecule has 32 heavy (non-hydrogen) atoms. The van der Waals surface area contributed by atoms with Crippen molar-refractivity contribution >= 4 is 43.6 Å². The fourth-order valence-electron chi connectivity index (χ4n) is 3.88. The molecule has 1 amide bonds. The molecule has 174 valence electrons. The van der Waals surface area contributed by atoms with Crippen LogP contribution < -0.4 is 5.32 Å². The molecular weight excluding hydrogens is 512 g/mol. The molecule has 9 heteroatoms. The average molecular weight is 542 g/mol. The van der Waals surface area contributed by atoms with Crippen molar-refractivity contribution in [3.8, 4) is 0 Å². The Labute approximate surface area is 203 Å². The Kier molecular flexibility index (Phi) is 8.80. The molecule has 3 rings (SSSR count). The Bertz CT molecular complexity index is 1030. The van der Waals surface area contributed by atoms with Crippen LogP contribution in [0.2, 0.25) is 0 Å². The van der Waals surface area contributed by atoms with E-state index in [1.165, 1.54) is 17.8 Å². The molecule has 1 heterocycles. The molecule has 0 unspecified atom stereocenters. The third-order valence-electron chi connectivity index (χ3n) is 5.30. The van der Waals surface area contributed by atoms with E-state index in [4.69, 9.17) is 4.74 Å². The van der Waals surface area contributed by atoms with E-state index in [-0.39, 0.29) is 10.8 Å². The Hall–Kier alpha value is -1.39. The number of hydrogen-bond acceptors (Lipinski definition) is 5. The summed E-state index contributed by atoms with van der Waals surface area (Å²) in [6.07, 6.45) is 1.02. The summed E-state index contributed by atoms with van der Waals surface area (Å²) in [4.78, 5) is 14.7. The second-order valence-electron chi connectivity index (χ2n) is 8.23. The van der Waals surface area contributed by atoms with E-state index in [0.717, 1.165) is 15.8 Å². The molecule has 2 atom stereocenters. The van der Waals surface area contributed by atoms with E-state index in [1.54, 1.807) is 23.5 Å². The summed E-state index contributed by atoms with van der Waals surface area (Å²) in [7, 11) is -2.13. The molecule has 1 N–H and O–H groups in total. The maximum Gasteiger partial charge on any atom is 0.252 e. The molecule has 1 saturated heterocycles. The zero-order valence-corrected chi connectivity index (χ0v) is 21.7. The van der Waals surface area contributed by atoms with Gasteiger partial charge in [0.2, 0.25) is 10.0 Å². The highest BCUT2D eigenvalue weighted by molar-refractivity contribution is 9.10. The lowest BCUT2D eigenvalue weighted by Crippen LogP contribution is -2.42. The number of halogens is 1. The van der Waals surface area contributed by atoms with E-state index >= 15 is 0 Å². The Morgan fingerprint density at radius 3 is 2.44 bits per heavy atom. The van der Waals surface area contributed by atoms with Crippen molar-refractivity contribution in [2.45, 2.75) is 35.0 Å². The van der Waals surface area contributed by atoms with Crippen LogP contribution >= 0.6 is 27.7 Å². The topological polar surface area (TPSA) is 75.7 Å². The van der Waals surface area contributed by atoms with Gasteiger partial charge in [0.15, 0.2) is 0 Å². The summed E-state index contributed by atoms with van der Waals surface area (Å²) in [5.74, 6) is 0.286. The summed E-state index contributed by atoms with van der Waals surface area (Å²) in [6.45, 7) is 5.86. The number of carbonyl (C=O) groups excluding carboxylic acids is 1. The molecule has 2 aromatic rings. The van der Waals surface area contributed by atoms with Crippen molar-refractivity contribution in [2.75, 3.05) is 33.4 Å². The maximum absolute atomic E-state index is 13.4. The van der Waals surface area contributed by atoms with Gasteiger partial charge in [-0.15, -0.1) is 0 Å². The number of piperidine rings is 1. The van der Waals surface area contributed by atoms with Gasteiger partial charge >= 0.3 is 0 Å². The fraction of sp³-hybridized carbons (Fsp3) is 0.435. The van der Waals surface area contributed by atoms with Gasteiger partial charge in [-0.25, -0.2) is 8.42 Å². The molecule has 0 bridgehead atoms. The number of amides is 1. The van der Waals surface area contributed by atoms with Gasteiger partial charge in [0.05, 0.1) is 17.1 Å². The maximum atomic E-state index is 13.4.